The Labute approximate surface area is 190 Å². The molecule has 4 rings (SSSR count). The molecule has 4 aromatic rings. The third kappa shape index (κ3) is 4.09. The maximum Gasteiger partial charge on any atom is 0.337 e. The third-order valence-electron chi connectivity index (χ3n) is 5.65. The van der Waals surface area contributed by atoms with Crippen molar-refractivity contribution in [2.45, 2.75) is 26.8 Å². The fourth-order valence-electron chi connectivity index (χ4n) is 3.98. The number of rotatable bonds is 5. The summed E-state index contributed by atoms with van der Waals surface area (Å²) in [4.78, 5) is 25.0. The van der Waals surface area contributed by atoms with Gasteiger partial charge < -0.3 is 14.8 Å². The van der Waals surface area contributed by atoms with E-state index in [9.17, 15) is 14.7 Å². The standard InChI is InChI=1S/C27H22N2O4/c1-15-11-20(17(3)29-23-10-9-18(14-28)13-21(23)27(31)32)26-22(12-15)24(30)16(2)25(33-26)19-7-5-4-6-8-19/h4-13,17,29H,1-3H3,(H,31,32)/t17-/m1/s1. The number of nitrogens with one attached hydrogen (secondary N) is 1. The molecular weight excluding hydrogens is 416 g/mol. The van der Waals surface area contributed by atoms with Crippen LogP contribution in [0, 0.1) is 25.2 Å². The van der Waals surface area contributed by atoms with Crippen LogP contribution in [-0.4, -0.2) is 11.1 Å². The molecule has 0 saturated heterocycles. The number of nitriles is 1. The normalized spacial score (nSPS) is 11.7. The molecule has 0 unspecified atom stereocenters. The molecule has 0 bridgehead atoms. The van der Waals surface area contributed by atoms with Gasteiger partial charge in [-0.1, -0.05) is 36.4 Å². The monoisotopic (exact) mass is 438 g/mol. The lowest BCUT2D eigenvalue weighted by molar-refractivity contribution is 0.0698. The minimum absolute atomic E-state index is 0.000121. The Hall–Kier alpha value is -4.37. The van der Waals surface area contributed by atoms with Gasteiger partial charge >= 0.3 is 5.97 Å². The molecular formula is C27H22N2O4. The van der Waals surface area contributed by atoms with Crippen LogP contribution in [0.5, 0.6) is 0 Å². The van der Waals surface area contributed by atoms with E-state index >= 15 is 0 Å². The highest BCUT2D eigenvalue weighted by Crippen LogP contribution is 2.32. The van der Waals surface area contributed by atoms with E-state index in [0.29, 0.717) is 28.0 Å². The highest BCUT2D eigenvalue weighted by molar-refractivity contribution is 5.95. The highest BCUT2D eigenvalue weighted by atomic mass is 16.4. The van der Waals surface area contributed by atoms with Crippen molar-refractivity contribution in [3.63, 3.8) is 0 Å². The molecule has 2 N–H and O–H groups in total. The van der Waals surface area contributed by atoms with Crippen molar-refractivity contribution in [1.29, 1.82) is 5.26 Å². The largest absolute Gasteiger partial charge is 0.478 e. The van der Waals surface area contributed by atoms with E-state index in [1.807, 2.05) is 62.4 Å². The van der Waals surface area contributed by atoms with Crippen LogP contribution in [0.25, 0.3) is 22.3 Å². The molecule has 0 aliphatic carbocycles. The number of aryl methyl sites for hydroxylation is 1. The highest BCUT2D eigenvalue weighted by Gasteiger charge is 2.20. The van der Waals surface area contributed by atoms with Crippen LogP contribution in [0.4, 0.5) is 5.69 Å². The van der Waals surface area contributed by atoms with Gasteiger partial charge in [-0.2, -0.15) is 5.26 Å². The van der Waals surface area contributed by atoms with Crippen molar-refractivity contribution in [2.24, 2.45) is 0 Å². The molecule has 33 heavy (non-hydrogen) atoms. The SMILES string of the molecule is Cc1cc([C@@H](C)Nc2ccc(C#N)cc2C(=O)O)c2oc(-c3ccccc3)c(C)c(=O)c2c1. The van der Waals surface area contributed by atoms with Crippen molar-refractivity contribution < 1.29 is 14.3 Å². The molecule has 0 saturated carbocycles. The van der Waals surface area contributed by atoms with E-state index in [0.717, 1.165) is 16.7 Å². The van der Waals surface area contributed by atoms with Gasteiger partial charge in [0.05, 0.1) is 28.6 Å². The molecule has 0 fully saturated rings. The van der Waals surface area contributed by atoms with Crippen LogP contribution in [0.15, 0.2) is 69.9 Å². The van der Waals surface area contributed by atoms with Crippen molar-refractivity contribution in [2.75, 3.05) is 5.32 Å². The summed E-state index contributed by atoms with van der Waals surface area (Å²) in [5.41, 5.74) is 3.97. The summed E-state index contributed by atoms with van der Waals surface area (Å²) in [7, 11) is 0. The summed E-state index contributed by atoms with van der Waals surface area (Å²) in [6.45, 7) is 5.53. The zero-order valence-electron chi connectivity index (χ0n) is 18.5. The smallest absolute Gasteiger partial charge is 0.337 e. The summed E-state index contributed by atoms with van der Waals surface area (Å²) >= 11 is 0. The second-order valence-corrected chi connectivity index (χ2v) is 8.03. The van der Waals surface area contributed by atoms with E-state index in [-0.39, 0.29) is 22.6 Å². The Balaban J connectivity index is 1.88. The molecule has 1 aromatic heterocycles. The molecule has 0 aliphatic heterocycles. The van der Waals surface area contributed by atoms with Gasteiger partial charge in [0, 0.05) is 22.4 Å². The lowest BCUT2D eigenvalue weighted by Crippen LogP contribution is -2.14. The lowest BCUT2D eigenvalue weighted by atomic mass is 9.98. The second kappa shape index (κ2) is 8.64. The number of benzene rings is 3. The lowest BCUT2D eigenvalue weighted by Gasteiger charge is -2.20. The number of anilines is 1. The number of carbonyl (C=O) groups is 1. The number of nitrogens with zero attached hydrogens (tertiary/aromatic N) is 1. The first kappa shape index (κ1) is 21.8. The molecule has 1 atom stereocenters. The first-order valence-corrected chi connectivity index (χ1v) is 10.5. The van der Waals surface area contributed by atoms with Crippen LogP contribution in [0.1, 0.15) is 45.6 Å². The molecule has 0 radical (unpaired) electrons. The van der Waals surface area contributed by atoms with Gasteiger partial charge in [0.2, 0.25) is 0 Å². The number of hydrogen-bond donors (Lipinski definition) is 2. The van der Waals surface area contributed by atoms with Gasteiger partial charge in [-0.15, -0.1) is 0 Å². The van der Waals surface area contributed by atoms with Crippen molar-refractivity contribution in [3.05, 3.63) is 98.7 Å². The predicted octanol–water partition coefficient (Wildman–Crippen LogP) is 5.82. The van der Waals surface area contributed by atoms with E-state index in [1.54, 1.807) is 19.1 Å². The van der Waals surface area contributed by atoms with Gasteiger partial charge in [0.25, 0.3) is 0 Å². The number of fused-ring (bicyclic) bond motifs is 1. The Morgan fingerprint density at radius 1 is 1.09 bits per heavy atom. The first-order chi connectivity index (χ1) is 15.8. The van der Waals surface area contributed by atoms with Crippen LogP contribution in [0.3, 0.4) is 0 Å². The van der Waals surface area contributed by atoms with Crippen molar-refractivity contribution in [3.8, 4) is 17.4 Å². The molecule has 6 nitrogen and oxygen atoms in total. The van der Waals surface area contributed by atoms with Gasteiger partial charge in [0.1, 0.15) is 11.3 Å². The summed E-state index contributed by atoms with van der Waals surface area (Å²) in [6, 6.07) is 19.2. The second-order valence-electron chi connectivity index (χ2n) is 8.03. The topological polar surface area (TPSA) is 103 Å². The Morgan fingerprint density at radius 2 is 1.82 bits per heavy atom. The first-order valence-electron chi connectivity index (χ1n) is 10.5. The van der Waals surface area contributed by atoms with Gasteiger partial charge in [-0.25, -0.2) is 4.79 Å². The summed E-state index contributed by atoms with van der Waals surface area (Å²) < 4.78 is 6.32. The van der Waals surface area contributed by atoms with E-state index in [2.05, 4.69) is 5.32 Å². The number of hydrogen-bond acceptors (Lipinski definition) is 5. The van der Waals surface area contributed by atoms with Crippen molar-refractivity contribution >= 4 is 22.6 Å². The molecule has 164 valence electrons. The Bertz CT molecular complexity index is 1480. The molecule has 3 aromatic carbocycles. The van der Waals surface area contributed by atoms with Gasteiger partial charge in [0.15, 0.2) is 5.43 Å². The molecule has 1 heterocycles. The average Bonchev–Trinajstić information content (AvgIpc) is 2.81. The minimum Gasteiger partial charge on any atom is -0.478 e. The fourth-order valence-corrected chi connectivity index (χ4v) is 3.98. The number of carboxylic acid groups (broad SMARTS) is 1. The average molecular weight is 438 g/mol. The van der Waals surface area contributed by atoms with E-state index in [1.165, 1.54) is 6.07 Å². The van der Waals surface area contributed by atoms with Gasteiger partial charge in [-0.3, -0.25) is 4.79 Å². The van der Waals surface area contributed by atoms with E-state index in [4.69, 9.17) is 9.68 Å². The summed E-state index contributed by atoms with van der Waals surface area (Å²) in [5, 5.41) is 22.4. The van der Waals surface area contributed by atoms with E-state index < -0.39 is 5.97 Å². The summed E-state index contributed by atoms with van der Waals surface area (Å²) in [6.07, 6.45) is 0. The third-order valence-corrected chi connectivity index (χ3v) is 5.65. The van der Waals surface area contributed by atoms with Gasteiger partial charge in [-0.05, 0) is 50.6 Å². The van der Waals surface area contributed by atoms with Crippen LogP contribution >= 0.6 is 0 Å². The van der Waals surface area contributed by atoms with Crippen LogP contribution < -0.4 is 10.7 Å². The summed E-state index contributed by atoms with van der Waals surface area (Å²) in [5.74, 6) is -0.626. The Kier molecular flexibility index (Phi) is 5.72. The maximum atomic E-state index is 13.2. The molecule has 0 amide bonds. The maximum absolute atomic E-state index is 13.2. The predicted molar refractivity (Wildman–Crippen MR) is 128 cm³/mol. The Morgan fingerprint density at radius 3 is 2.48 bits per heavy atom. The molecule has 6 heteroatoms. The quantitative estimate of drug-likeness (QED) is 0.407. The minimum atomic E-state index is -1.13. The van der Waals surface area contributed by atoms with Crippen molar-refractivity contribution in [1.82, 2.24) is 0 Å². The zero-order valence-corrected chi connectivity index (χ0v) is 18.5. The fraction of sp³-hybridized carbons (Fsp3) is 0.148. The number of aromatic carboxylic acids is 1. The number of carboxylic acids is 1. The molecule has 0 spiro atoms. The molecule has 0 aliphatic rings. The van der Waals surface area contributed by atoms with Crippen LogP contribution in [-0.2, 0) is 0 Å². The van der Waals surface area contributed by atoms with Crippen LogP contribution in [0.2, 0.25) is 0 Å². The zero-order chi connectivity index (χ0) is 23.7.